The summed E-state index contributed by atoms with van der Waals surface area (Å²) in [6.07, 6.45) is 0. The fourth-order valence-corrected chi connectivity index (χ4v) is 4.45. The Labute approximate surface area is 120 Å². The van der Waals surface area contributed by atoms with Gasteiger partial charge in [0.1, 0.15) is 0 Å². The van der Waals surface area contributed by atoms with Gasteiger partial charge in [0, 0.05) is 13.1 Å². The van der Waals surface area contributed by atoms with Crippen LogP contribution in [0, 0.1) is 0 Å². The van der Waals surface area contributed by atoms with E-state index in [4.69, 9.17) is 10.5 Å². The molecule has 112 valence electrons. The van der Waals surface area contributed by atoms with Crippen molar-refractivity contribution in [3.05, 3.63) is 35.9 Å². The summed E-state index contributed by atoms with van der Waals surface area (Å²) in [4.78, 5) is 0. The van der Waals surface area contributed by atoms with Gasteiger partial charge in [0.25, 0.3) is 0 Å². The van der Waals surface area contributed by atoms with Crippen LogP contribution in [-0.4, -0.2) is 50.8 Å². The lowest BCUT2D eigenvalue weighted by Crippen LogP contribution is -2.52. The summed E-state index contributed by atoms with van der Waals surface area (Å²) in [5, 5.41) is 0. The monoisotopic (exact) mass is 298 g/mol. The third-order valence-corrected chi connectivity index (χ3v) is 5.75. The number of ether oxygens (including phenoxy) is 1. The normalized spacial score (nSPS) is 22.6. The first kappa shape index (κ1) is 15.4. The van der Waals surface area contributed by atoms with Crippen molar-refractivity contribution in [1.82, 2.24) is 4.31 Å². The van der Waals surface area contributed by atoms with Crippen LogP contribution in [0.2, 0.25) is 0 Å². The third-order valence-electron chi connectivity index (χ3n) is 3.63. The molecule has 1 aromatic rings. The molecule has 2 N–H and O–H groups in total. The molecule has 0 spiro atoms. The van der Waals surface area contributed by atoms with Crippen molar-refractivity contribution in [3.8, 4) is 0 Å². The van der Waals surface area contributed by atoms with Gasteiger partial charge in [-0.25, -0.2) is 8.42 Å². The molecule has 2 unspecified atom stereocenters. The fraction of sp³-hybridized carbons (Fsp3) is 0.571. The molecule has 0 saturated carbocycles. The second kappa shape index (κ2) is 6.67. The molecular formula is C14H22N2O3S. The summed E-state index contributed by atoms with van der Waals surface area (Å²) in [7, 11) is -3.32. The zero-order valence-electron chi connectivity index (χ0n) is 11.7. The minimum absolute atomic E-state index is 0.0394. The number of rotatable bonds is 5. The van der Waals surface area contributed by atoms with Crippen LogP contribution in [0.4, 0.5) is 0 Å². The second-order valence-electron chi connectivity index (χ2n) is 5.17. The van der Waals surface area contributed by atoms with Gasteiger partial charge in [-0.15, -0.1) is 0 Å². The zero-order valence-corrected chi connectivity index (χ0v) is 12.6. The summed E-state index contributed by atoms with van der Waals surface area (Å²) in [5.74, 6) is 0.0653. The van der Waals surface area contributed by atoms with Crippen molar-refractivity contribution in [1.29, 1.82) is 0 Å². The Morgan fingerprint density at radius 1 is 1.40 bits per heavy atom. The zero-order chi connectivity index (χ0) is 14.6. The average Bonchev–Trinajstić information content (AvgIpc) is 2.47. The number of morpholine rings is 1. The summed E-state index contributed by atoms with van der Waals surface area (Å²) >= 11 is 0. The molecular weight excluding hydrogens is 276 g/mol. The van der Waals surface area contributed by atoms with Crippen molar-refractivity contribution in [2.45, 2.75) is 18.9 Å². The maximum atomic E-state index is 12.6. The van der Waals surface area contributed by atoms with E-state index in [2.05, 4.69) is 0 Å². The van der Waals surface area contributed by atoms with E-state index in [0.29, 0.717) is 26.3 Å². The first-order chi connectivity index (χ1) is 9.54. The number of nitrogens with two attached hydrogens (primary N) is 1. The van der Waals surface area contributed by atoms with Crippen LogP contribution in [0.3, 0.4) is 0 Å². The maximum Gasteiger partial charge on any atom is 0.215 e. The summed E-state index contributed by atoms with van der Waals surface area (Å²) in [6.45, 7) is 3.44. The van der Waals surface area contributed by atoms with Crippen LogP contribution in [0.5, 0.6) is 0 Å². The van der Waals surface area contributed by atoms with Crippen LogP contribution in [-0.2, 0) is 14.8 Å². The van der Waals surface area contributed by atoms with E-state index < -0.39 is 10.0 Å². The van der Waals surface area contributed by atoms with E-state index in [1.165, 1.54) is 4.31 Å². The lowest BCUT2D eigenvalue weighted by atomic mass is 10.0. The van der Waals surface area contributed by atoms with E-state index in [-0.39, 0.29) is 17.7 Å². The maximum absolute atomic E-state index is 12.6. The van der Waals surface area contributed by atoms with Crippen LogP contribution in [0.25, 0.3) is 0 Å². The first-order valence-corrected chi connectivity index (χ1v) is 8.48. The predicted molar refractivity (Wildman–Crippen MR) is 79.0 cm³/mol. The van der Waals surface area contributed by atoms with E-state index in [1.807, 2.05) is 37.3 Å². The molecule has 20 heavy (non-hydrogen) atoms. The van der Waals surface area contributed by atoms with Crippen molar-refractivity contribution < 1.29 is 13.2 Å². The fourth-order valence-electron chi connectivity index (χ4n) is 2.48. The molecule has 2 rings (SSSR count). The Kier molecular flexibility index (Phi) is 5.15. The highest BCUT2D eigenvalue weighted by atomic mass is 32.2. The Morgan fingerprint density at radius 2 is 2.10 bits per heavy atom. The van der Waals surface area contributed by atoms with Crippen molar-refractivity contribution in [2.24, 2.45) is 5.73 Å². The van der Waals surface area contributed by atoms with Gasteiger partial charge in [-0.2, -0.15) is 4.31 Å². The second-order valence-corrected chi connectivity index (χ2v) is 7.13. The third kappa shape index (κ3) is 3.58. The summed E-state index contributed by atoms with van der Waals surface area (Å²) in [6, 6.07) is 9.46. The first-order valence-electron chi connectivity index (χ1n) is 6.87. The number of hydrogen-bond donors (Lipinski definition) is 1. The van der Waals surface area contributed by atoms with Gasteiger partial charge in [0.2, 0.25) is 10.0 Å². The number of benzene rings is 1. The molecule has 0 bridgehead atoms. The number of sulfonamides is 1. The SMILES string of the molecule is CC(CS(=O)(=O)N1CCOCC1CN)c1ccccc1. The average molecular weight is 298 g/mol. The quantitative estimate of drug-likeness (QED) is 0.872. The minimum Gasteiger partial charge on any atom is -0.378 e. The standard InChI is InChI=1S/C14H22N2O3S/c1-12(13-5-3-2-4-6-13)11-20(17,18)16-7-8-19-10-14(16)9-15/h2-6,12,14H,7-11,15H2,1H3. The van der Waals surface area contributed by atoms with Crippen LogP contribution in [0.1, 0.15) is 18.4 Å². The lowest BCUT2D eigenvalue weighted by molar-refractivity contribution is 0.0358. The van der Waals surface area contributed by atoms with E-state index in [0.717, 1.165) is 5.56 Å². The molecule has 1 aliphatic rings. The molecule has 0 radical (unpaired) electrons. The lowest BCUT2D eigenvalue weighted by Gasteiger charge is -2.34. The van der Waals surface area contributed by atoms with Crippen molar-refractivity contribution in [2.75, 3.05) is 32.1 Å². The van der Waals surface area contributed by atoms with Gasteiger partial charge in [0.05, 0.1) is 25.0 Å². The number of hydrogen-bond acceptors (Lipinski definition) is 4. The Hall–Kier alpha value is -0.950. The van der Waals surface area contributed by atoms with Gasteiger partial charge >= 0.3 is 0 Å². The minimum atomic E-state index is -3.32. The summed E-state index contributed by atoms with van der Waals surface area (Å²) < 4.78 is 31.9. The smallest absolute Gasteiger partial charge is 0.215 e. The van der Waals surface area contributed by atoms with E-state index >= 15 is 0 Å². The molecule has 0 aromatic heterocycles. The largest absolute Gasteiger partial charge is 0.378 e. The molecule has 0 aliphatic carbocycles. The van der Waals surface area contributed by atoms with Gasteiger partial charge < -0.3 is 10.5 Å². The molecule has 1 aliphatic heterocycles. The van der Waals surface area contributed by atoms with Crippen LogP contribution < -0.4 is 5.73 Å². The van der Waals surface area contributed by atoms with Gasteiger partial charge in [-0.3, -0.25) is 0 Å². The van der Waals surface area contributed by atoms with E-state index in [9.17, 15) is 8.42 Å². The van der Waals surface area contributed by atoms with Gasteiger partial charge in [0.15, 0.2) is 0 Å². The Bertz CT molecular complexity index is 518. The molecule has 1 heterocycles. The van der Waals surface area contributed by atoms with Crippen LogP contribution >= 0.6 is 0 Å². The summed E-state index contributed by atoms with van der Waals surface area (Å²) in [5.41, 5.74) is 6.68. The highest BCUT2D eigenvalue weighted by Gasteiger charge is 2.33. The van der Waals surface area contributed by atoms with Gasteiger partial charge in [-0.1, -0.05) is 37.3 Å². The van der Waals surface area contributed by atoms with Crippen molar-refractivity contribution in [3.63, 3.8) is 0 Å². The van der Waals surface area contributed by atoms with Crippen molar-refractivity contribution >= 4 is 10.0 Å². The predicted octanol–water partition coefficient (Wildman–Crippen LogP) is 0.779. The molecule has 1 aromatic carbocycles. The molecule has 5 nitrogen and oxygen atoms in total. The molecule has 1 fully saturated rings. The van der Waals surface area contributed by atoms with Crippen LogP contribution in [0.15, 0.2) is 30.3 Å². The molecule has 2 atom stereocenters. The Balaban J connectivity index is 2.10. The van der Waals surface area contributed by atoms with E-state index in [1.54, 1.807) is 0 Å². The molecule has 1 saturated heterocycles. The molecule has 6 heteroatoms. The van der Waals surface area contributed by atoms with Gasteiger partial charge in [-0.05, 0) is 11.5 Å². The molecule has 0 amide bonds. The number of nitrogens with zero attached hydrogens (tertiary/aromatic N) is 1. The highest BCUT2D eigenvalue weighted by Crippen LogP contribution is 2.21. The topological polar surface area (TPSA) is 72.6 Å². The highest BCUT2D eigenvalue weighted by molar-refractivity contribution is 7.89. The Morgan fingerprint density at radius 3 is 2.75 bits per heavy atom.